The van der Waals surface area contributed by atoms with E-state index in [0.29, 0.717) is 9.47 Å². The second-order valence-electron chi connectivity index (χ2n) is 4.48. The normalized spacial score (nSPS) is 11.7. The maximum atomic E-state index is 11.6. The fourth-order valence-electron chi connectivity index (χ4n) is 1.58. The first-order valence-corrected chi connectivity index (χ1v) is 8.08. The highest BCUT2D eigenvalue weighted by Gasteiger charge is 2.18. The van der Waals surface area contributed by atoms with Crippen LogP contribution in [0, 0.1) is 6.92 Å². The molecule has 3 amide bonds. The summed E-state index contributed by atoms with van der Waals surface area (Å²) in [4.78, 5) is 22.2. The number of nitrogens with zero attached hydrogens (tertiary/aromatic N) is 2. The Hall–Kier alpha value is -2.13. The van der Waals surface area contributed by atoms with Gasteiger partial charge in [0, 0.05) is 5.69 Å². The molecule has 0 unspecified atom stereocenters. The van der Waals surface area contributed by atoms with Crippen LogP contribution in [-0.4, -0.2) is 27.4 Å². The van der Waals surface area contributed by atoms with E-state index < -0.39 is 17.2 Å². The molecule has 0 aliphatic carbocycles. The Morgan fingerprint density at radius 1 is 1.36 bits per heavy atom. The highest BCUT2D eigenvalue weighted by Crippen LogP contribution is 2.30. The molecule has 9 heteroatoms. The van der Waals surface area contributed by atoms with Crippen molar-refractivity contribution in [1.29, 1.82) is 0 Å². The summed E-state index contributed by atoms with van der Waals surface area (Å²) in [6.45, 7) is 3.67. The molecule has 22 heavy (non-hydrogen) atoms. The number of benzene rings is 1. The van der Waals surface area contributed by atoms with Gasteiger partial charge >= 0.3 is 6.03 Å². The SMILES string of the molecule is Cc1cccc(Nc2nnc(S[C@@H](C)C(=O)NC(N)=O)s2)c1. The number of carbonyl (C=O) groups is 2. The van der Waals surface area contributed by atoms with Crippen LogP contribution in [0.25, 0.3) is 0 Å². The van der Waals surface area contributed by atoms with Crippen LogP contribution < -0.4 is 16.4 Å². The van der Waals surface area contributed by atoms with E-state index >= 15 is 0 Å². The fourth-order valence-corrected chi connectivity index (χ4v) is 3.50. The number of anilines is 2. The maximum Gasteiger partial charge on any atom is 0.318 e. The predicted octanol–water partition coefficient (Wildman–Crippen LogP) is 2.27. The first-order chi connectivity index (χ1) is 10.4. The van der Waals surface area contributed by atoms with E-state index in [1.54, 1.807) is 6.92 Å². The van der Waals surface area contributed by atoms with Crippen molar-refractivity contribution in [1.82, 2.24) is 15.5 Å². The van der Waals surface area contributed by atoms with E-state index in [4.69, 9.17) is 5.73 Å². The highest BCUT2D eigenvalue weighted by molar-refractivity contribution is 8.02. The molecule has 0 fully saturated rings. The molecule has 2 aromatic rings. The van der Waals surface area contributed by atoms with E-state index in [2.05, 4.69) is 15.5 Å². The average Bonchev–Trinajstić information content (AvgIpc) is 2.85. The number of carbonyl (C=O) groups excluding carboxylic acids is 2. The summed E-state index contributed by atoms with van der Waals surface area (Å²) >= 11 is 2.54. The molecule has 0 aliphatic rings. The van der Waals surface area contributed by atoms with E-state index in [9.17, 15) is 9.59 Å². The van der Waals surface area contributed by atoms with Gasteiger partial charge in [-0.1, -0.05) is 35.2 Å². The van der Waals surface area contributed by atoms with Crippen molar-refractivity contribution >= 4 is 45.9 Å². The Morgan fingerprint density at radius 2 is 2.14 bits per heavy atom. The van der Waals surface area contributed by atoms with Gasteiger partial charge in [0.05, 0.1) is 5.25 Å². The number of nitrogens with one attached hydrogen (secondary N) is 2. The molecule has 116 valence electrons. The van der Waals surface area contributed by atoms with Crippen molar-refractivity contribution in [2.45, 2.75) is 23.4 Å². The molecule has 2 rings (SSSR count). The van der Waals surface area contributed by atoms with Crippen LogP contribution >= 0.6 is 23.1 Å². The number of thioether (sulfide) groups is 1. The number of rotatable bonds is 5. The Balaban J connectivity index is 1.96. The Labute approximate surface area is 135 Å². The number of aryl methyl sites for hydroxylation is 1. The van der Waals surface area contributed by atoms with Crippen molar-refractivity contribution in [3.8, 4) is 0 Å². The van der Waals surface area contributed by atoms with Gasteiger partial charge in [0.25, 0.3) is 0 Å². The summed E-state index contributed by atoms with van der Waals surface area (Å²) in [6, 6.07) is 7.02. The molecule has 0 bridgehead atoms. The Kier molecular flexibility index (Phi) is 5.34. The summed E-state index contributed by atoms with van der Waals surface area (Å²) in [5.41, 5.74) is 6.97. The fraction of sp³-hybridized carbons (Fsp3) is 0.231. The lowest BCUT2D eigenvalue weighted by atomic mass is 10.2. The van der Waals surface area contributed by atoms with Crippen LogP contribution in [0.4, 0.5) is 15.6 Å². The van der Waals surface area contributed by atoms with Crippen molar-refractivity contribution in [3.05, 3.63) is 29.8 Å². The molecule has 0 spiro atoms. The second kappa shape index (κ2) is 7.23. The largest absolute Gasteiger partial charge is 0.351 e. The van der Waals surface area contributed by atoms with Crippen LogP contribution in [0.1, 0.15) is 12.5 Å². The quantitative estimate of drug-likeness (QED) is 0.722. The zero-order valence-corrected chi connectivity index (χ0v) is 13.6. The number of primary amides is 1. The van der Waals surface area contributed by atoms with E-state index in [0.717, 1.165) is 11.3 Å². The minimum absolute atomic E-state index is 0.458. The van der Waals surface area contributed by atoms with Gasteiger partial charge in [-0.2, -0.15) is 0 Å². The third-order valence-corrected chi connectivity index (χ3v) is 4.59. The van der Waals surface area contributed by atoms with E-state index in [1.807, 2.05) is 36.5 Å². The van der Waals surface area contributed by atoms with Gasteiger partial charge in [-0.05, 0) is 31.5 Å². The van der Waals surface area contributed by atoms with Gasteiger partial charge in [-0.3, -0.25) is 10.1 Å². The lowest BCUT2D eigenvalue weighted by molar-refractivity contribution is -0.119. The third-order valence-electron chi connectivity index (χ3n) is 2.57. The molecule has 1 aromatic carbocycles. The van der Waals surface area contributed by atoms with Crippen molar-refractivity contribution in [3.63, 3.8) is 0 Å². The third kappa shape index (κ3) is 4.71. The van der Waals surface area contributed by atoms with Crippen LogP contribution in [0.5, 0.6) is 0 Å². The lowest BCUT2D eigenvalue weighted by Gasteiger charge is -2.06. The van der Waals surface area contributed by atoms with Gasteiger partial charge in [0.1, 0.15) is 0 Å². The topological polar surface area (TPSA) is 110 Å². The smallest absolute Gasteiger partial charge is 0.318 e. The molecule has 0 saturated heterocycles. The molecule has 1 aromatic heterocycles. The minimum Gasteiger partial charge on any atom is -0.351 e. The highest BCUT2D eigenvalue weighted by atomic mass is 32.2. The van der Waals surface area contributed by atoms with Gasteiger partial charge in [0.2, 0.25) is 11.0 Å². The van der Waals surface area contributed by atoms with E-state index in [-0.39, 0.29) is 0 Å². The van der Waals surface area contributed by atoms with Crippen LogP contribution in [-0.2, 0) is 4.79 Å². The number of imide groups is 1. The van der Waals surface area contributed by atoms with Gasteiger partial charge in [-0.15, -0.1) is 10.2 Å². The molecule has 1 heterocycles. The molecule has 7 nitrogen and oxygen atoms in total. The van der Waals surface area contributed by atoms with Crippen LogP contribution in [0.3, 0.4) is 0 Å². The molecule has 0 aliphatic heterocycles. The zero-order valence-electron chi connectivity index (χ0n) is 12.0. The average molecular weight is 337 g/mol. The lowest BCUT2D eigenvalue weighted by Crippen LogP contribution is -2.39. The van der Waals surface area contributed by atoms with Crippen molar-refractivity contribution < 1.29 is 9.59 Å². The first-order valence-electron chi connectivity index (χ1n) is 6.38. The Bertz CT molecular complexity index is 689. The molecule has 1 atom stereocenters. The number of hydrogen-bond donors (Lipinski definition) is 3. The summed E-state index contributed by atoms with van der Waals surface area (Å²) < 4.78 is 0.627. The number of amides is 3. The van der Waals surface area contributed by atoms with Gasteiger partial charge in [-0.25, -0.2) is 4.79 Å². The van der Waals surface area contributed by atoms with Gasteiger partial charge in [0.15, 0.2) is 4.34 Å². The summed E-state index contributed by atoms with van der Waals surface area (Å²) in [5, 5.41) is 13.4. The standard InChI is InChI=1S/C13H15N5O2S2/c1-7-4-3-5-9(6-7)15-12-17-18-13(22-12)21-8(2)10(19)16-11(14)20/h3-6,8H,1-2H3,(H,15,17)(H3,14,16,19,20)/t8-/m0/s1. The van der Waals surface area contributed by atoms with Crippen molar-refractivity contribution in [2.75, 3.05) is 5.32 Å². The molecule has 4 N–H and O–H groups in total. The summed E-state index contributed by atoms with van der Waals surface area (Å²) in [6.07, 6.45) is 0. The number of urea groups is 1. The number of nitrogens with two attached hydrogens (primary N) is 1. The number of hydrogen-bond acceptors (Lipinski definition) is 7. The number of aromatic nitrogens is 2. The van der Waals surface area contributed by atoms with Crippen LogP contribution in [0.15, 0.2) is 28.6 Å². The summed E-state index contributed by atoms with van der Waals surface area (Å²) in [7, 11) is 0. The molecule has 0 saturated carbocycles. The maximum absolute atomic E-state index is 11.6. The molecular weight excluding hydrogens is 322 g/mol. The minimum atomic E-state index is -0.864. The predicted molar refractivity (Wildman–Crippen MR) is 87.4 cm³/mol. The van der Waals surface area contributed by atoms with Crippen molar-refractivity contribution in [2.24, 2.45) is 5.73 Å². The Morgan fingerprint density at radius 3 is 2.82 bits per heavy atom. The summed E-state index contributed by atoms with van der Waals surface area (Å²) in [5.74, 6) is -0.458. The van der Waals surface area contributed by atoms with E-state index in [1.165, 1.54) is 23.1 Å². The molecule has 0 radical (unpaired) electrons. The zero-order chi connectivity index (χ0) is 16.1. The van der Waals surface area contributed by atoms with Gasteiger partial charge < -0.3 is 11.1 Å². The molecular formula is C13H15N5O2S2. The monoisotopic (exact) mass is 337 g/mol. The first kappa shape index (κ1) is 16.2. The van der Waals surface area contributed by atoms with Crippen LogP contribution in [0.2, 0.25) is 0 Å². The second-order valence-corrected chi connectivity index (χ2v) is 7.05.